The first-order chi connectivity index (χ1) is 18.3. The number of hydrogen-bond acceptors (Lipinski definition) is 7. The third kappa shape index (κ3) is 5.72. The van der Waals surface area contributed by atoms with Crippen LogP contribution in [0, 0.1) is 11.7 Å². The number of aromatic nitrogens is 2. The molecule has 2 aromatic carbocycles. The van der Waals surface area contributed by atoms with Crippen LogP contribution in [0.1, 0.15) is 24.3 Å². The van der Waals surface area contributed by atoms with E-state index >= 15 is 0 Å². The van der Waals surface area contributed by atoms with Crippen LogP contribution in [0.5, 0.6) is 5.75 Å². The monoisotopic (exact) mass is 577 g/mol. The molecule has 12 heteroatoms. The molecule has 0 spiro atoms. The van der Waals surface area contributed by atoms with Crippen molar-refractivity contribution in [3.63, 3.8) is 0 Å². The number of carbonyl (C=O) groups excluding carboxylic acids is 2. The van der Waals surface area contributed by atoms with Crippen LogP contribution in [0.15, 0.2) is 48.0 Å². The normalized spacial score (nSPS) is 20.0. The van der Waals surface area contributed by atoms with Gasteiger partial charge in [0.25, 0.3) is 0 Å². The van der Waals surface area contributed by atoms with E-state index in [2.05, 4.69) is 15.1 Å². The minimum absolute atomic E-state index is 0.0785. The Kier molecular flexibility index (Phi) is 8.01. The Morgan fingerprint density at radius 1 is 1.08 bits per heavy atom. The number of halogens is 3. The Hall–Kier alpha value is -2.95. The van der Waals surface area contributed by atoms with Crippen LogP contribution in [-0.4, -0.2) is 71.3 Å². The third-order valence-electron chi connectivity index (χ3n) is 7.24. The first-order valence-electron chi connectivity index (χ1n) is 12.2. The maximum Gasteiger partial charge on any atom is 0.415 e. The van der Waals surface area contributed by atoms with Crippen LogP contribution in [0.4, 0.5) is 14.3 Å². The van der Waals surface area contributed by atoms with Crippen molar-refractivity contribution in [2.75, 3.05) is 38.1 Å². The minimum atomic E-state index is -0.591. The number of rotatable bonds is 5. The molecule has 2 saturated heterocycles. The number of anilines is 1. The predicted molar refractivity (Wildman–Crippen MR) is 145 cm³/mol. The highest BCUT2D eigenvalue weighted by Gasteiger charge is 2.42. The smallest absolute Gasteiger partial charge is 0.410 e. The molecule has 200 valence electrons. The number of piperidine rings is 1. The van der Waals surface area contributed by atoms with E-state index in [9.17, 15) is 14.0 Å². The van der Waals surface area contributed by atoms with Gasteiger partial charge < -0.3 is 19.4 Å². The van der Waals surface area contributed by atoms with Gasteiger partial charge in [-0.2, -0.15) is 0 Å². The summed E-state index contributed by atoms with van der Waals surface area (Å²) in [5, 5.41) is 9.76. The lowest BCUT2D eigenvalue weighted by molar-refractivity contribution is -0.135. The summed E-state index contributed by atoms with van der Waals surface area (Å²) in [6, 6.07) is 10.3. The highest BCUT2D eigenvalue weighted by atomic mass is 35.5. The number of likely N-dealkylation sites (tertiary alicyclic amines) is 1. The maximum absolute atomic E-state index is 13.6. The molecule has 3 heterocycles. The zero-order valence-electron chi connectivity index (χ0n) is 20.6. The topological polar surface area (TPSA) is 78.9 Å². The Bertz CT molecular complexity index is 1290. The summed E-state index contributed by atoms with van der Waals surface area (Å²) in [4.78, 5) is 32.2. The first kappa shape index (κ1) is 26.6. The van der Waals surface area contributed by atoms with Gasteiger partial charge in [0.2, 0.25) is 11.0 Å². The summed E-state index contributed by atoms with van der Waals surface area (Å²) >= 11 is 14.0. The van der Waals surface area contributed by atoms with E-state index in [0.717, 1.165) is 36.6 Å². The number of likely N-dealkylation sites (N-methyl/N-ethyl adjacent to an activating group) is 1. The molecule has 8 nitrogen and oxygen atoms in total. The summed E-state index contributed by atoms with van der Waals surface area (Å²) in [6.07, 6.45) is 0.852. The quantitative estimate of drug-likeness (QED) is 0.408. The van der Waals surface area contributed by atoms with Crippen LogP contribution < -0.4 is 9.64 Å². The van der Waals surface area contributed by atoms with Crippen molar-refractivity contribution < 1.29 is 18.7 Å². The van der Waals surface area contributed by atoms with Gasteiger partial charge in [0.15, 0.2) is 0 Å². The van der Waals surface area contributed by atoms with E-state index in [1.54, 1.807) is 24.7 Å². The van der Waals surface area contributed by atoms with E-state index in [1.165, 1.54) is 40.5 Å². The first-order valence-corrected chi connectivity index (χ1v) is 13.9. The Morgan fingerprint density at radius 3 is 2.47 bits per heavy atom. The second-order valence-electron chi connectivity index (χ2n) is 9.51. The molecule has 0 bridgehead atoms. The Balaban J connectivity index is 1.31. The molecule has 2 amide bonds. The molecule has 2 aliphatic heterocycles. The molecule has 0 N–H and O–H groups in total. The molecule has 2 atom stereocenters. The molecule has 3 aromatic rings. The highest BCUT2D eigenvalue weighted by molar-refractivity contribution is 7.13. The molecule has 2 fully saturated rings. The number of hydrogen-bond donors (Lipinski definition) is 0. The molecule has 2 unspecified atom stereocenters. The number of nitrogens with zero attached hydrogens (tertiary/aromatic N) is 5. The third-order valence-corrected chi connectivity index (χ3v) is 8.73. The van der Waals surface area contributed by atoms with E-state index in [1.807, 2.05) is 11.0 Å². The number of benzene rings is 2. The molecule has 38 heavy (non-hydrogen) atoms. The van der Waals surface area contributed by atoms with E-state index < -0.39 is 11.9 Å². The van der Waals surface area contributed by atoms with Gasteiger partial charge >= 0.3 is 6.09 Å². The lowest BCUT2D eigenvalue weighted by atomic mass is 9.93. The fraction of sp³-hybridized carbons (Fsp3) is 0.385. The van der Waals surface area contributed by atoms with Crippen molar-refractivity contribution >= 4 is 51.7 Å². The minimum Gasteiger partial charge on any atom is -0.410 e. The standard InChI is InChI=1S/C26H26Cl2FN5O3S/c1-32(26(36)37-19-5-3-18(29)4-6-19)23-14-34(13-20(23)17-2-7-21(27)22(28)12-17)24(35)16-8-10-33(11-9-16)25-31-30-15-38-25/h2-7,12,15-16,20,23H,8-11,13-14H2,1H3. The molecule has 2 aliphatic rings. The fourth-order valence-electron chi connectivity index (χ4n) is 5.12. The van der Waals surface area contributed by atoms with Crippen LogP contribution in [0.2, 0.25) is 10.0 Å². The average Bonchev–Trinajstić information content (AvgIpc) is 3.62. The molecule has 5 rings (SSSR count). The molecular weight excluding hydrogens is 552 g/mol. The number of amides is 2. The second kappa shape index (κ2) is 11.4. The highest BCUT2D eigenvalue weighted by Crippen LogP contribution is 2.36. The number of ether oxygens (including phenoxy) is 1. The molecule has 0 aliphatic carbocycles. The van der Waals surface area contributed by atoms with Gasteiger partial charge in [-0.1, -0.05) is 40.6 Å². The van der Waals surface area contributed by atoms with Crippen LogP contribution in [0.25, 0.3) is 0 Å². The van der Waals surface area contributed by atoms with Crippen molar-refractivity contribution in [1.29, 1.82) is 0 Å². The van der Waals surface area contributed by atoms with Gasteiger partial charge in [-0.05, 0) is 54.8 Å². The summed E-state index contributed by atoms with van der Waals surface area (Å²) in [7, 11) is 1.65. The molecule has 0 radical (unpaired) electrons. The van der Waals surface area contributed by atoms with Crippen LogP contribution in [0.3, 0.4) is 0 Å². The lowest BCUT2D eigenvalue weighted by Gasteiger charge is -2.33. The Morgan fingerprint density at radius 2 is 1.82 bits per heavy atom. The zero-order valence-corrected chi connectivity index (χ0v) is 22.9. The largest absolute Gasteiger partial charge is 0.415 e. The van der Waals surface area contributed by atoms with Gasteiger partial charge in [0.05, 0.1) is 16.1 Å². The van der Waals surface area contributed by atoms with Crippen molar-refractivity contribution in [1.82, 2.24) is 20.0 Å². The fourth-order valence-corrected chi connectivity index (χ4v) is 6.04. The lowest BCUT2D eigenvalue weighted by Crippen LogP contribution is -2.45. The van der Waals surface area contributed by atoms with Gasteiger partial charge in [0.1, 0.15) is 17.1 Å². The van der Waals surface area contributed by atoms with Gasteiger partial charge in [0, 0.05) is 45.1 Å². The van der Waals surface area contributed by atoms with E-state index in [0.29, 0.717) is 23.1 Å². The van der Waals surface area contributed by atoms with E-state index in [-0.39, 0.29) is 29.5 Å². The second-order valence-corrected chi connectivity index (χ2v) is 11.1. The van der Waals surface area contributed by atoms with Gasteiger partial charge in [-0.25, -0.2) is 9.18 Å². The zero-order chi connectivity index (χ0) is 26.8. The Labute approximate surface area is 233 Å². The average molecular weight is 578 g/mol. The van der Waals surface area contributed by atoms with Crippen molar-refractivity contribution in [2.24, 2.45) is 5.92 Å². The van der Waals surface area contributed by atoms with Crippen LogP contribution in [-0.2, 0) is 4.79 Å². The van der Waals surface area contributed by atoms with Gasteiger partial charge in [-0.3, -0.25) is 4.79 Å². The van der Waals surface area contributed by atoms with Crippen molar-refractivity contribution in [3.8, 4) is 5.75 Å². The van der Waals surface area contributed by atoms with Crippen LogP contribution >= 0.6 is 34.5 Å². The summed E-state index contributed by atoms with van der Waals surface area (Å²) < 4.78 is 18.8. The molecule has 1 aromatic heterocycles. The van der Waals surface area contributed by atoms with E-state index in [4.69, 9.17) is 27.9 Å². The number of carbonyl (C=O) groups is 2. The molecular formula is C26H26Cl2FN5O3S. The van der Waals surface area contributed by atoms with Crippen molar-refractivity contribution in [2.45, 2.75) is 24.8 Å². The van der Waals surface area contributed by atoms with Gasteiger partial charge in [-0.15, -0.1) is 10.2 Å². The summed E-state index contributed by atoms with van der Waals surface area (Å²) in [5.41, 5.74) is 2.59. The van der Waals surface area contributed by atoms with Crippen molar-refractivity contribution in [3.05, 3.63) is 69.4 Å². The summed E-state index contributed by atoms with van der Waals surface area (Å²) in [6.45, 7) is 2.27. The maximum atomic E-state index is 13.6. The molecule has 0 saturated carbocycles. The predicted octanol–water partition coefficient (Wildman–Crippen LogP) is 5.33. The summed E-state index contributed by atoms with van der Waals surface area (Å²) in [5.74, 6) is -0.404. The SMILES string of the molecule is CN(C(=O)Oc1ccc(F)cc1)C1CN(C(=O)C2CCN(c3nncs3)CC2)CC1c1ccc(Cl)c(Cl)c1.